The van der Waals surface area contributed by atoms with Crippen molar-refractivity contribution in [1.29, 1.82) is 0 Å². The maximum Gasteiger partial charge on any atom is 0.242 e. The van der Waals surface area contributed by atoms with E-state index in [1.807, 2.05) is 31.2 Å². The van der Waals surface area contributed by atoms with E-state index in [2.05, 4.69) is 9.71 Å². The summed E-state index contributed by atoms with van der Waals surface area (Å²) in [4.78, 5) is 18.1. The van der Waals surface area contributed by atoms with Crippen molar-refractivity contribution in [3.63, 3.8) is 0 Å². The Hall–Kier alpha value is -2.10. The Labute approximate surface area is 196 Å². The lowest BCUT2D eigenvalue weighted by atomic mass is 10.0. The van der Waals surface area contributed by atoms with Crippen LogP contribution in [-0.2, 0) is 26.0 Å². The third kappa shape index (κ3) is 4.79. The van der Waals surface area contributed by atoms with Crippen LogP contribution in [0.3, 0.4) is 0 Å². The van der Waals surface area contributed by atoms with Gasteiger partial charge >= 0.3 is 0 Å². The predicted molar refractivity (Wildman–Crippen MR) is 125 cm³/mol. The molecule has 0 aliphatic carbocycles. The van der Waals surface area contributed by atoms with Gasteiger partial charge in [0, 0.05) is 30.2 Å². The number of carbonyl (C=O) groups is 1. The van der Waals surface area contributed by atoms with Gasteiger partial charge in [-0.1, -0.05) is 47.5 Å². The number of nitrogens with one attached hydrogen (secondary N) is 2. The highest BCUT2D eigenvalue weighted by molar-refractivity contribution is 7.89. The van der Waals surface area contributed by atoms with Crippen LogP contribution in [-0.4, -0.2) is 56.1 Å². The van der Waals surface area contributed by atoms with Crippen molar-refractivity contribution in [3.05, 3.63) is 64.3 Å². The number of amides is 1. The summed E-state index contributed by atoms with van der Waals surface area (Å²) in [5.74, 6) is -0.313. The number of sulfonamides is 1. The van der Waals surface area contributed by atoms with E-state index in [1.54, 1.807) is 11.1 Å². The number of aromatic amines is 1. The Morgan fingerprint density at radius 2 is 2.03 bits per heavy atom. The quantitative estimate of drug-likeness (QED) is 0.546. The number of benzene rings is 2. The van der Waals surface area contributed by atoms with Gasteiger partial charge in [-0.15, -0.1) is 0 Å². The predicted octanol–water partition coefficient (Wildman–Crippen LogP) is 3.61. The van der Waals surface area contributed by atoms with Crippen LogP contribution in [0.5, 0.6) is 0 Å². The fraction of sp³-hybridized carbons (Fsp3) is 0.318. The highest BCUT2D eigenvalue weighted by Crippen LogP contribution is 2.29. The van der Waals surface area contributed by atoms with Gasteiger partial charge in [0.25, 0.3) is 0 Å². The van der Waals surface area contributed by atoms with Gasteiger partial charge in [0.15, 0.2) is 0 Å². The molecule has 0 bridgehead atoms. The number of hydrogen-bond donors (Lipinski definition) is 2. The zero-order valence-corrected chi connectivity index (χ0v) is 19.7. The first kappa shape index (κ1) is 23.1. The molecule has 0 spiro atoms. The van der Waals surface area contributed by atoms with Crippen LogP contribution in [0.2, 0.25) is 10.0 Å². The number of H-pyrrole nitrogens is 1. The van der Waals surface area contributed by atoms with Gasteiger partial charge in [-0.25, -0.2) is 8.42 Å². The van der Waals surface area contributed by atoms with Crippen molar-refractivity contribution in [1.82, 2.24) is 14.6 Å². The van der Waals surface area contributed by atoms with Gasteiger partial charge < -0.3 is 14.6 Å². The van der Waals surface area contributed by atoms with E-state index in [0.29, 0.717) is 19.7 Å². The second kappa shape index (κ2) is 9.41. The summed E-state index contributed by atoms with van der Waals surface area (Å²) in [5.41, 5.74) is 1.74. The number of halogens is 2. The smallest absolute Gasteiger partial charge is 0.242 e. The van der Waals surface area contributed by atoms with E-state index < -0.39 is 16.1 Å². The lowest BCUT2D eigenvalue weighted by Crippen LogP contribution is -2.54. The van der Waals surface area contributed by atoms with E-state index in [9.17, 15) is 13.2 Å². The molecule has 2 atom stereocenters. The molecule has 0 saturated carbocycles. The molecule has 4 rings (SSSR count). The van der Waals surface area contributed by atoms with Crippen molar-refractivity contribution >= 4 is 50.0 Å². The molecule has 170 valence electrons. The maximum atomic E-state index is 13.4. The second-order valence-electron chi connectivity index (χ2n) is 7.76. The molecule has 1 saturated heterocycles. The average Bonchev–Trinajstić information content (AvgIpc) is 3.17. The Kier molecular flexibility index (Phi) is 6.78. The minimum absolute atomic E-state index is 0.0834. The van der Waals surface area contributed by atoms with Crippen molar-refractivity contribution in [3.8, 4) is 0 Å². The third-order valence-electron chi connectivity index (χ3n) is 5.45. The van der Waals surface area contributed by atoms with Crippen LogP contribution in [0.1, 0.15) is 12.5 Å². The Bertz CT molecular complexity index is 1240. The third-order valence-corrected chi connectivity index (χ3v) is 7.90. The van der Waals surface area contributed by atoms with Crippen molar-refractivity contribution in [2.24, 2.45) is 0 Å². The molecule has 1 amide bonds. The highest BCUT2D eigenvalue weighted by Gasteiger charge is 2.33. The van der Waals surface area contributed by atoms with E-state index in [4.69, 9.17) is 27.9 Å². The first-order valence-electron chi connectivity index (χ1n) is 10.2. The number of morpholine rings is 1. The Morgan fingerprint density at radius 3 is 2.81 bits per heavy atom. The van der Waals surface area contributed by atoms with Crippen LogP contribution >= 0.6 is 23.2 Å². The van der Waals surface area contributed by atoms with E-state index >= 15 is 0 Å². The number of hydrogen-bond acceptors (Lipinski definition) is 4. The van der Waals surface area contributed by atoms with Crippen LogP contribution in [0.4, 0.5) is 0 Å². The Balaban J connectivity index is 1.68. The van der Waals surface area contributed by atoms with E-state index in [0.717, 1.165) is 16.5 Å². The molecule has 7 nitrogen and oxygen atoms in total. The number of para-hydroxylation sites is 1. The molecular formula is C22H23Cl2N3O4S. The molecule has 2 heterocycles. The summed E-state index contributed by atoms with van der Waals surface area (Å²) < 4.78 is 34.5. The summed E-state index contributed by atoms with van der Waals surface area (Å²) >= 11 is 12.2. The fourth-order valence-corrected chi connectivity index (χ4v) is 5.83. The standard InChI is InChI=1S/C22H23Cl2N3O4S/c1-14-13-27(9-10-31-14)22(28)19(11-15-12-25-18-7-3-2-5-16(15)18)26-32(29,30)20-8-4-6-17(23)21(20)24/h2-8,12,14,19,25-26H,9-11,13H2,1H3. The zero-order valence-electron chi connectivity index (χ0n) is 17.3. The largest absolute Gasteiger partial charge is 0.375 e. The van der Waals surface area contributed by atoms with Gasteiger partial charge in [-0.2, -0.15) is 4.72 Å². The first-order chi connectivity index (χ1) is 15.3. The molecule has 2 N–H and O–H groups in total. The molecule has 2 unspecified atom stereocenters. The lowest BCUT2D eigenvalue weighted by molar-refractivity contribution is -0.139. The lowest BCUT2D eigenvalue weighted by Gasteiger charge is -2.34. The number of carbonyl (C=O) groups excluding carboxylic acids is 1. The Morgan fingerprint density at radius 1 is 1.25 bits per heavy atom. The minimum Gasteiger partial charge on any atom is -0.375 e. The monoisotopic (exact) mass is 495 g/mol. The SMILES string of the molecule is CC1CN(C(=O)C(Cc2c[nH]c3ccccc23)NS(=O)(=O)c2cccc(Cl)c2Cl)CCO1. The van der Waals surface area contributed by atoms with E-state index in [1.165, 1.54) is 18.2 Å². The summed E-state index contributed by atoms with van der Waals surface area (Å²) in [6.45, 7) is 3.07. The molecule has 1 aromatic heterocycles. The molecule has 1 fully saturated rings. The maximum absolute atomic E-state index is 13.4. The number of rotatable bonds is 6. The summed E-state index contributed by atoms with van der Waals surface area (Å²) in [5, 5.41) is 0.969. The first-order valence-corrected chi connectivity index (χ1v) is 12.4. The number of fused-ring (bicyclic) bond motifs is 1. The normalized spacial score (nSPS) is 18.1. The van der Waals surface area contributed by atoms with Crippen LogP contribution in [0, 0.1) is 0 Å². The molecule has 0 radical (unpaired) electrons. The van der Waals surface area contributed by atoms with Gasteiger partial charge in [0.1, 0.15) is 10.9 Å². The molecule has 1 aliphatic rings. The molecular weight excluding hydrogens is 473 g/mol. The number of nitrogens with zero attached hydrogens (tertiary/aromatic N) is 1. The fourth-order valence-electron chi connectivity index (χ4n) is 3.88. The molecule has 1 aliphatic heterocycles. The molecule has 3 aromatic rings. The summed E-state index contributed by atoms with van der Waals surface area (Å²) in [6.07, 6.45) is 1.85. The van der Waals surface area contributed by atoms with E-state index in [-0.39, 0.29) is 33.4 Å². The summed E-state index contributed by atoms with van der Waals surface area (Å²) in [7, 11) is -4.12. The minimum atomic E-state index is -4.12. The van der Waals surface area contributed by atoms with Gasteiger partial charge in [0.2, 0.25) is 15.9 Å². The molecule has 32 heavy (non-hydrogen) atoms. The number of ether oxygens (including phenoxy) is 1. The van der Waals surface area contributed by atoms with Gasteiger partial charge in [-0.3, -0.25) is 4.79 Å². The van der Waals surface area contributed by atoms with Crippen molar-refractivity contribution < 1.29 is 17.9 Å². The average molecular weight is 496 g/mol. The molecule has 2 aromatic carbocycles. The second-order valence-corrected chi connectivity index (χ2v) is 10.2. The molecule has 10 heteroatoms. The van der Waals surface area contributed by atoms with Crippen molar-refractivity contribution in [2.45, 2.75) is 30.4 Å². The van der Waals surface area contributed by atoms with Crippen LogP contribution in [0.25, 0.3) is 10.9 Å². The van der Waals surface area contributed by atoms with Crippen LogP contribution in [0.15, 0.2) is 53.6 Å². The summed E-state index contributed by atoms with van der Waals surface area (Å²) in [6, 6.07) is 11.0. The van der Waals surface area contributed by atoms with Gasteiger partial charge in [0.05, 0.1) is 22.8 Å². The van der Waals surface area contributed by atoms with Crippen molar-refractivity contribution in [2.75, 3.05) is 19.7 Å². The highest BCUT2D eigenvalue weighted by atomic mass is 35.5. The van der Waals surface area contributed by atoms with Crippen LogP contribution < -0.4 is 4.72 Å². The zero-order chi connectivity index (χ0) is 22.9. The van der Waals surface area contributed by atoms with Gasteiger partial charge in [-0.05, 0) is 37.1 Å². The topological polar surface area (TPSA) is 91.5 Å². The number of aromatic nitrogens is 1.